The molecule has 6 heteroatoms. The van der Waals surface area contributed by atoms with Crippen molar-refractivity contribution in [1.82, 2.24) is 0 Å². The average Bonchev–Trinajstić information content (AvgIpc) is 2.30. The summed E-state index contributed by atoms with van der Waals surface area (Å²) in [5.41, 5.74) is 0. The maximum Gasteiger partial charge on any atom is -0.0184 e. The smallest absolute Gasteiger partial charge is 0.0184 e. The van der Waals surface area contributed by atoms with Crippen molar-refractivity contribution in [1.29, 1.82) is 0 Å². The van der Waals surface area contributed by atoms with E-state index in [2.05, 4.69) is 61.7 Å². The van der Waals surface area contributed by atoms with Crippen LogP contribution < -0.4 is 0 Å². The molecule has 0 amide bonds. The average molecular weight is 278 g/mol. The van der Waals surface area contributed by atoms with Crippen LogP contribution in [0.25, 0.3) is 10.8 Å². The maximum absolute atomic E-state index is 8.74. The predicted octanol–water partition coefficient (Wildman–Crippen LogP) is 2.34. The van der Waals surface area contributed by atoms with E-state index in [9.17, 15) is 0 Å². The third kappa shape index (κ3) is 10.5. The van der Waals surface area contributed by atoms with E-state index in [1.165, 1.54) is 10.8 Å². The Morgan fingerprint density at radius 1 is 0.778 bits per heavy atom. The Morgan fingerprint density at radius 2 is 0.944 bits per heavy atom. The molecule has 4 nitrogen and oxygen atoms in total. The Morgan fingerprint density at radius 3 is 1.11 bits per heavy atom. The molecule has 0 saturated carbocycles. The molecule has 0 bridgehead atoms. The standard InChI is InChI=1S/C10H8.C2H4.Na.H2O4S.H/c1-2-6-10-8-4-3-7-9(10)5-1;1-2;;1-5(2,3)4;/h1-8H;1-2H2;;(H2,1,2,3,4);. The number of benzene rings is 2. The van der Waals surface area contributed by atoms with Crippen molar-refractivity contribution < 1.29 is 17.5 Å². The van der Waals surface area contributed by atoms with Gasteiger partial charge in [0, 0.05) is 0 Å². The first-order chi connectivity index (χ1) is 7.97. The van der Waals surface area contributed by atoms with Crippen LogP contribution in [0.15, 0.2) is 61.7 Å². The van der Waals surface area contributed by atoms with E-state index < -0.39 is 10.4 Å². The second kappa shape index (κ2) is 10.3. The molecule has 0 saturated heterocycles. The van der Waals surface area contributed by atoms with Crippen molar-refractivity contribution in [2.24, 2.45) is 0 Å². The third-order valence-corrected chi connectivity index (χ3v) is 1.66. The molecule has 94 valence electrons. The van der Waals surface area contributed by atoms with E-state index in [-0.39, 0.29) is 29.6 Å². The molecule has 2 aromatic rings. The summed E-state index contributed by atoms with van der Waals surface area (Å²) in [6.07, 6.45) is 0. The zero-order valence-electron chi connectivity index (χ0n) is 9.15. The van der Waals surface area contributed by atoms with Crippen molar-refractivity contribution in [3.05, 3.63) is 61.7 Å². The van der Waals surface area contributed by atoms with Crippen molar-refractivity contribution in [2.45, 2.75) is 0 Å². The van der Waals surface area contributed by atoms with Crippen LogP contribution in [-0.4, -0.2) is 47.1 Å². The van der Waals surface area contributed by atoms with E-state index in [0.717, 1.165) is 0 Å². The van der Waals surface area contributed by atoms with Crippen LogP contribution >= 0.6 is 0 Å². The molecule has 0 unspecified atom stereocenters. The van der Waals surface area contributed by atoms with Gasteiger partial charge in [-0.3, -0.25) is 9.11 Å². The van der Waals surface area contributed by atoms with E-state index in [1.807, 2.05) is 0 Å². The Hall–Kier alpha value is -0.690. The molecule has 0 atom stereocenters. The van der Waals surface area contributed by atoms with Gasteiger partial charge in [0.25, 0.3) is 0 Å². The molecular formula is C12H15NaO4S. The van der Waals surface area contributed by atoms with Crippen molar-refractivity contribution in [3.8, 4) is 0 Å². The summed E-state index contributed by atoms with van der Waals surface area (Å²) < 4.78 is 31.6. The largest absolute Gasteiger partial charge is 0.0616 e. The zero-order valence-corrected chi connectivity index (χ0v) is 9.97. The summed E-state index contributed by atoms with van der Waals surface area (Å²) in [5, 5.41) is 2.62. The van der Waals surface area contributed by atoms with E-state index in [4.69, 9.17) is 17.5 Å². The van der Waals surface area contributed by atoms with Crippen molar-refractivity contribution in [2.75, 3.05) is 0 Å². The topological polar surface area (TPSA) is 74.6 Å². The van der Waals surface area contributed by atoms with Crippen LogP contribution in [0.3, 0.4) is 0 Å². The SMILES string of the molecule is C=C.O=S(=O)(O)O.[NaH].c1ccc2ccccc2c1. The number of fused-ring (bicyclic) bond motifs is 1. The summed E-state index contributed by atoms with van der Waals surface area (Å²) in [6.45, 7) is 6.00. The summed E-state index contributed by atoms with van der Waals surface area (Å²) in [4.78, 5) is 0. The Kier molecular flexibility index (Phi) is 11.2. The molecule has 0 aliphatic rings. The monoisotopic (exact) mass is 278 g/mol. The second-order valence-corrected chi connectivity index (χ2v) is 3.69. The fourth-order valence-electron chi connectivity index (χ4n) is 1.13. The van der Waals surface area contributed by atoms with Crippen LogP contribution in [0, 0.1) is 0 Å². The van der Waals surface area contributed by atoms with Gasteiger partial charge < -0.3 is 0 Å². The molecule has 0 spiro atoms. The van der Waals surface area contributed by atoms with Crippen molar-refractivity contribution in [3.63, 3.8) is 0 Å². The van der Waals surface area contributed by atoms with Gasteiger partial charge in [-0.1, -0.05) is 48.5 Å². The quantitative estimate of drug-likeness (QED) is 0.440. The third-order valence-electron chi connectivity index (χ3n) is 1.66. The van der Waals surface area contributed by atoms with Crippen LogP contribution in [-0.2, 0) is 10.4 Å². The Labute approximate surface area is 129 Å². The fraction of sp³-hybridized carbons (Fsp3) is 0. The number of hydrogen-bond donors (Lipinski definition) is 2. The van der Waals surface area contributed by atoms with Gasteiger partial charge >= 0.3 is 40.0 Å². The second-order valence-electron chi connectivity index (χ2n) is 2.79. The fourth-order valence-corrected chi connectivity index (χ4v) is 1.13. The van der Waals surface area contributed by atoms with Gasteiger partial charge in [-0.15, -0.1) is 13.2 Å². The first-order valence-electron chi connectivity index (χ1n) is 4.60. The normalized spacial score (nSPS) is 9.00. The van der Waals surface area contributed by atoms with Crippen LogP contribution in [0.4, 0.5) is 0 Å². The first-order valence-corrected chi connectivity index (χ1v) is 6.00. The Balaban J connectivity index is 0. The van der Waals surface area contributed by atoms with Gasteiger partial charge in [-0.05, 0) is 10.8 Å². The van der Waals surface area contributed by atoms with Gasteiger partial charge in [0.05, 0.1) is 0 Å². The summed E-state index contributed by atoms with van der Waals surface area (Å²) in [5.74, 6) is 0. The minimum atomic E-state index is -4.67. The molecule has 2 rings (SSSR count). The van der Waals surface area contributed by atoms with Gasteiger partial charge in [0.2, 0.25) is 0 Å². The number of rotatable bonds is 0. The van der Waals surface area contributed by atoms with Gasteiger partial charge in [0.15, 0.2) is 0 Å². The van der Waals surface area contributed by atoms with E-state index in [1.54, 1.807) is 0 Å². The molecule has 0 aromatic heterocycles. The molecule has 2 N–H and O–H groups in total. The minimum absolute atomic E-state index is 0. The molecule has 0 aliphatic heterocycles. The molecule has 0 radical (unpaired) electrons. The molecule has 2 aromatic carbocycles. The number of hydrogen-bond acceptors (Lipinski definition) is 2. The molecular weight excluding hydrogens is 263 g/mol. The molecule has 0 aliphatic carbocycles. The van der Waals surface area contributed by atoms with Crippen LogP contribution in [0.5, 0.6) is 0 Å². The summed E-state index contributed by atoms with van der Waals surface area (Å²) in [6, 6.07) is 16.7. The Bertz CT molecular complexity index is 481. The van der Waals surface area contributed by atoms with Gasteiger partial charge in [0.1, 0.15) is 0 Å². The van der Waals surface area contributed by atoms with Gasteiger partial charge in [-0.25, -0.2) is 0 Å². The maximum atomic E-state index is 8.74. The van der Waals surface area contributed by atoms with Crippen LogP contribution in [0.1, 0.15) is 0 Å². The minimum Gasteiger partial charge on any atom is -0.0616 e. The molecule has 0 fully saturated rings. The zero-order chi connectivity index (χ0) is 13.3. The van der Waals surface area contributed by atoms with Crippen LogP contribution in [0.2, 0.25) is 0 Å². The molecule has 0 heterocycles. The summed E-state index contributed by atoms with van der Waals surface area (Å²) >= 11 is 0. The van der Waals surface area contributed by atoms with E-state index >= 15 is 0 Å². The van der Waals surface area contributed by atoms with E-state index in [0.29, 0.717) is 0 Å². The summed E-state index contributed by atoms with van der Waals surface area (Å²) in [7, 11) is -4.67. The predicted molar refractivity (Wildman–Crippen MR) is 76.5 cm³/mol. The van der Waals surface area contributed by atoms with Crippen molar-refractivity contribution >= 4 is 50.7 Å². The molecule has 18 heavy (non-hydrogen) atoms. The van der Waals surface area contributed by atoms with Gasteiger partial charge in [-0.2, -0.15) is 8.42 Å². The first kappa shape index (κ1) is 19.6.